The molecular weight excluding hydrogens is 379 g/mol. The molecule has 0 amide bonds. The standard InChI is InChI=1S/C16H13N3O2.C2HF3O2/c1-19-14-7-2-10(9-17)8-13(14)18-15(19)11-3-5-12(6-4-11)16(20)21;3-2(4,5)1(6)7/h3-6,8H,2,7H2,1H3,(H,20,21);(H,6,7). The van der Waals surface area contributed by atoms with Crippen molar-refractivity contribution >= 4 is 18.0 Å². The van der Waals surface area contributed by atoms with E-state index < -0.39 is 18.1 Å². The van der Waals surface area contributed by atoms with Gasteiger partial charge >= 0.3 is 18.1 Å². The lowest BCUT2D eigenvalue weighted by Crippen LogP contribution is -2.21. The fourth-order valence-electron chi connectivity index (χ4n) is 2.56. The van der Waals surface area contributed by atoms with E-state index in [9.17, 15) is 18.0 Å². The second kappa shape index (κ2) is 7.96. The summed E-state index contributed by atoms with van der Waals surface area (Å²) in [6.45, 7) is 0. The lowest BCUT2D eigenvalue weighted by atomic mass is 10.0. The Morgan fingerprint density at radius 1 is 1.18 bits per heavy atom. The zero-order valence-electron chi connectivity index (χ0n) is 14.5. The van der Waals surface area contributed by atoms with Gasteiger partial charge in [-0.25, -0.2) is 14.6 Å². The normalized spacial score (nSPS) is 12.8. The average molecular weight is 393 g/mol. The first kappa shape index (κ1) is 20.7. The third-order valence-corrected chi connectivity index (χ3v) is 3.96. The van der Waals surface area contributed by atoms with Gasteiger partial charge in [0, 0.05) is 23.9 Å². The van der Waals surface area contributed by atoms with Crippen LogP contribution in [0.2, 0.25) is 0 Å². The minimum atomic E-state index is -5.08. The molecule has 0 bridgehead atoms. The van der Waals surface area contributed by atoms with Crippen LogP contribution < -0.4 is 0 Å². The Morgan fingerprint density at radius 3 is 2.21 bits per heavy atom. The predicted octanol–water partition coefficient (Wildman–Crippen LogP) is 3.27. The molecule has 0 radical (unpaired) electrons. The number of aromatic carboxylic acids is 1. The van der Waals surface area contributed by atoms with Crippen LogP contribution in [0.3, 0.4) is 0 Å². The summed E-state index contributed by atoms with van der Waals surface area (Å²) < 4.78 is 33.7. The monoisotopic (exact) mass is 393 g/mol. The van der Waals surface area contributed by atoms with Gasteiger partial charge in [-0.15, -0.1) is 0 Å². The van der Waals surface area contributed by atoms with E-state index in [1.165, 1.54) is 0 Å². The van der Waals surface area contributed by atoms with Crippen molar-refractivity contribution in [3.63, 3.8) is 0 Å². The van der Waals surface area contributed by atoms with Gasteiger partial charge in [-0.3, -0.25) is 0 Å². The highest BCUT2D eigenvalue weighted by molar-refractivity contribution is 5.88. The first-order valence-electron chi connectivity index (χ1n) is 7.84. The molecule has 28 heavy (non-hydrogen) atoms. The zero-order valence-corrected chi connectivity index (χ0v) is 14.5. The number of carboxylic acid groups (broad SMARTS) is 2. The average Bonchev–Trinajstić information content (AvgIpc) is 2.97. The smallest absolute Gasteiger partial charge is 0.478 e. The summed E-state index contributed by atoms with van der Waals surface area (Å²) in [5.74, 6) is -2.91. The number of hydrogen-bond acceptors (Lipinski definition) is 4. The third-order valence-electron chi connectivity index (χ3n) is 3.96. The Labute approximate surface area is 157 Å². The number of fused-ring (bicyclic) bond motifs is 1. The lowest BCUT2D eigenvalue weighted by Gasteiger charge is -2.09. The summed E-state index contributed by atoms with van der Waals surface area (Å²) in [6, 6.07) is 8.83. The Hall–Kier alpha value is -3.61. The molecule has 0 unspecified atom stereocenters. The fraction of sp³-hybridized carbons (Fsp3) is 0.222. The molecule has 1 aliphatic carbocycles. The Kier molecular flexibility index (Phi) is 5.88. The quantitative estimate of drug-likeness (QED) is 0.809. The third kappa shape index (κ3) is 4.56. The molecule has 0 atom stereocenters. The van der Waals surface area contributed by atoms with Crippen molar-refractivity contribution in [3.05, 3.63) is 46.8 Å². The molecule has 7 nitrogen and oxygen atoms in total. The van der Waals surface area contributed by atoms with Crippen LogP contribution in [-0.4, -0.2) is 37.9 Å². The number of aromatic nitrogens is 2. The minimum absolute atomic E-state index is 0.254. The number of imidazole rings is 1. The maximum absolute atomic E-state index is 10.9. The van der Waals surface area contributed by atoms with E-state index in [1.807, 2.05) is 17.7 Å². The van der Waals surface area contributed by atoms with Crippen molar-refractivity contribution in [2.24, 2.45) is 7.05 Å². The summed E-state index contributed by atoms with van der Waals surface area (Å²) in [6.07, 6.45) is -1.72. The summed E-state index contributed by atoms with van der Waals surface area (Å²) in [5.41, 5.74) is 3.80. The topological polar surface area (TPSA) is 116 Å². The molecule has 1 aromatic carbocycles. The second-order valence-electron chi connectivity index (χ2n) is 5.79. The summed E-state index contributed by atoms with van der Waals surface area (Å²) in [4.78, 5) is 24.4. The van der Waals surface area contributed by atoms with Gasteiger partial charge in [0.2, 0.25) is 0 Å². The summed E-state index contributed by atoms with van der Waals surface area (Å²) >= 11 is 0. The van der Waals surface area contributed by atoms with Crippen molar-refractivity contribution in [2.75, 3.05) is 0 Å². The summed E-state index contributed by atoms with van der Waals surface area (Å²) in [5, 5.41) is 25.0. The summed E-state index contributed by atoms with van der Waals surface area (Å²) in [7, 11) is 1.94. The first-order valence-corrected chi connectivity index (χ1v) is 7.84. The number of halogens is 3. The van der Waals surface area contributed by atoms with Crippen molar-refractivity contribution in [2.45, 2.75) is 19.0 Å². The van der Waals surface area contributed by atoms with E-state index >= 15 is 0 Å². The minimum Gasteiger partial charge on any atom is -0.478 e. The van der Waals surface area contributed by atoms with E-state index in [0.717, 1.165) is 41.2 Å². The van der Waals surface area contributed by atoms with Gasteiger partial charge in [0.1, 0.15) is 5.82 Å². The molecule has 3 rings (SSSR count). The van der Waals surface area contributed by atoms with E-state index in [1.54, 1.807) is 24.3 Å². The van der Waals surface area contributed by atoms with Gasteiger partial charge in [-0.2, -0.15) is 18.4 Å². The van der Waals surface area contributed by atoms with Crippen LogP contribution in [0.15, 0.2) is 29.8 Å². The molecule has 0 fully saturated rings. The van der Waals surface area contributed by atoms with E-state index in [4.69, 9.17) is 20.3 Å². The largest absolute Gasteiger partial charge is 0.490 e. The molecular formula is C18H14F3N3O4. The Morgan fingerprint density at radius 2 is 1.75 bits per heavy atom. The highest BCUT2D eigenvalue weighted by atomic mass is 19.4. The molecule has 2 N–H and O–H groups in total. The molecule has 10 heteroatoms. The van der Waals surface area contributed by atoms with Crippen LogP contribution in [0.1, 0.15) is 28.2 Å². The van der Waals surface area contributed by atoms with Crippen molar-refractivity contribution in [1.82, 2.24) is 9.55 Å². The van der Waals surface area contributed by atoms with Crippen LogP contribution in [0, 0.1) is 11.3 Å². The Balaban J connectivity index is 0.000000345. The first-order chi connectivity index (χ1) is 13.0. The highest BCUT2D eigenvalue weighted by Gasteiger charge is 2.38. The lowest BCUT2D eigenvalue weighted by molar-refractivity contribution is -0.192. The number of hydrogen-bond donors (Lipinski definition) is 2. The van der Waals surface area contributed by atoms with E-state index in [2.05, 4.69) is 11.1 Å². The van der Waals surface area contributed by atoms with Gasteiger partial charge in [-0.1, -0.05) is 12.1 Å². The number of aliphatic carboxylic acids is 1. The molecule has 0 spiro atoms. The maximum Gasteiger partial charge on any atom is 0.490 e. The number of alkyl halides is 3. The van der Waals surface area contributed by atoms with Gasteiger partial charge in [0.15, 0.2) is 0 Å². The molecule has 1 aliphatic rings. The van der Waals surface area contributed by atoms with Gasteiger partial charge < -0.3 is 14.8 Å². The fourth-order valence-corrected chi connectivity index (χ4v) is 2.56. The van der Waals surface area contributed by atoms with Crippen molar-refractivity contribution in [3.8, 4) is 17.5 Å². The number of nitriles is 1. The number of allylic oxidation sites excluding steroid dienone is 1. The Bertz CT molecular complexity index is 983. The molecule has 146 valence electrons. The van der Waals surface area contributed by atoms with Gasteiger partial charge in [-0.05, 0) is 31.1 Å². The van der Waals surface area contributed by atoms with Crippen LogP contribution in [0.4, 0.5) is 13.2 Å². The molecule has 0 aliphatic heterocycles. The SMILES string of the molecule is Cn1c(-c2ccc(C(=O)O)cc2)nc2c1CCC(C#N)=C2.O=C(O)C(F)(F)F. The molecule has 1 heterocycles. The van der Waals surface area contributed by atoms with Crippen LogP contribution >= 0.6 is 0 Å². The number of carboxylic acids is 2. The van der Waals surface area contributed by atoms with Gasteiger partial charge in [0.25, 0.3) is 0 Å². The van der Waals surface area contributed by atoms with Gasteiger partial charge in [0.05, 0.1) is 17.3 Å². The van der Waals surface area contributed by atoms with E-state index in [-0.39, 0.29) is 5.56 Å². The second-order valence-corrected chi connectivity index (χ2v) is 5.79. The molecule has 1 aromatic heterocycles. The predicted molar refractivity (Wildman–Crippen MR) is 91.2 cm³/mol. The molecule has 0 saturated heterocycles. The zero-order chi connectivity index (χ0) is 21.1. The van der Waals surface area contributed by atoms with Crippen LogP contribution in [0.25, 0.3) is 17.5 Å². The van der Waals surface area contributed by atoms with E-state index in [0.29, 0.717) is 0 Å². The molecule has 2 aromatic rings. The highest BCUT2D eigenvalue weighted by Crippen LogP contribution is 2.28. The van der Waals surface area contributed by atoms with Crippen LogP contribution in [-0.2, 0) is 18.3 Å². The number of benzene rings is 1. The maximum atomic E-state index is 10.9. The van der Waals surface area contributed by atoms with Crippen LogP contribution in [0.5, 0.6) is 0 Å². The number of carbonyl (C=O) groups is 2. The number of rotatable bonds is 2. The molecule has 0 saturated carbocycles. The van der Waals surface area contributed by atoms with Crippen molar-refractivity contribution in [1.29, 1.82) is 5.26 Å². The number of nitrogens with zero attached hydrogens (tertiary/aromatic N) is 3. The van der Waals surface area contributed by atoms with Crippen molar-refractivity contribution < 1.29 is 33.0 Å².